The first-order chi connectivity index (χ1) is 10.2. The van der Waals surface area contributed by atoms with Crippen LogP contribution in [0.25, 0.3) is 0 Å². The van der Waals surface area contributed by atoms with Gasteiger partial charge in [-0.05, 0) is 19.9 Å². The summed E-state index contributed by atoms with van der Waals surface area (Å²) in [5, 5.41) is 8.83. The Kier molecular flexibility index (Phi) is 6.48. The van der Waals surface area contributed by atoms with Crippen LogP contribution in [0, 0.1) is 0 Å². The van der Waals surface area contributed by atoms with Gasteiger partial charge in [-0.15, -0.1) is 0 Å². The minimum Gasteiger partial charge on any atom is -0.374 e. The fraction of sp³-hybridized carbons (Fsp3) is 0.800. The van der Waals surface area contributed by atoms with Gasteiger partial charge in [0.2, 0.25) is 0 Å². The summed E-state index contributed by atoms with van der Waals surface area (Å²) in [6.45, 7) is 12.8. The van der Waals surface area contributed by atoms with Crippen LogP contribution in [0.2, 0.25) is 5.02 Å². The zero-order chi connectivity index (χ0) is 15.2. The van der Waals surface area contributed by atoms with Crippen molar-refractivity contribution in [2.75, 3.05) is 32.8 Å². The maximum Gasteiger partial charge on any atom is 0.0863 e. The Bertz CT molecular complexity index is 449. The highest BCUT2D eigenvalue weighted by Crippen LogP contribution is 2.21. The molecule has 0 aliphatic carbocycles. The molecule has 1 aromatic heterocycles. The van der Waals surface area contributed by atoms with Crippen molar-refractivity contribution in [3.8, 4) is 0 Å². The molecule has 1 atom stereocenters. The van der Waals surface area contributed by atoms with Gasteiger partial charge in [0.05, 0.1) is 29.1 Å². The monoisotopic (exact) mass is 314 g/mol. The number of likely N-dealkylation sites (N-methyl/N-ethyl adjacent to an activating group) is 1. The van der Waals surface area contributed by atoms with E-state index < -0.39 is 0 Å². The molecule has 0 amide bonds. The molecular formula is C15H27ClN4O. The van der Waals surface area contributed by atoms with E-state index in [0.717, 1.165) is 68.7 Å². The molecule has 2 rings (SSSR count). The van der Waals surface area contributed by atoms with Crippen LogP contribution in [0.3, 0.4) is 0 Å². The molecule has 0 bridgehead atoms. The first kappa shape index (κ1) is 16.7. The normalized spacial score (nSPS) is 20.1. The number of rotatable bonds is 7. The Morgan fingerprint density at radius 3 is 2.81 bits per heavy atom. The molecular weight excluding hydrogens is 288 g/mol. The van der Waals surface area contributed by atoms with Crippen molar-refractivity contribution in [3.05, 3.63) is 16.4 Å². The fourth-order valence-electron chi connectivity index (χ4n) is 2.73. The molecule has 1 N–H and O–H groups in total. The van der Waals surface area contributed by atoms with E-state index >= 15 is 0 Å². The van der Waals surface area contributed by atoms with E-state index in [1.165, 1.54) is 0 Å². The van der Waals surface area contributed by atoms with Crippen molar-refractivity contribution >= 4 is 11.6 Å². The maximum absolute atomic E-state index is 6.41. The van der Waals surface area contributed by atoms with Crippen molar-refractivity contribution in [2.45, 2.75) is 46.4 Å². The standard InChI is InChI=1S/C15H27ClN4O/c1-4-13-15(16)14(20(6-3)18-13)10-17-9-12-11-19(5-2)7-8-21-12/h12,17H,4-11H2,1-3H3. The molecule has 1 aromatic rings. The van der Waals surface area contributed by atoms with Gasteiger partial charge in [0.15, 0.2) is 0 Å². The van der Waals surface area contributed by atoms with Gasteiger partial charge in [-0.1, -0.05) is 25.4 Å². The van der Waals surface area contributed by atoms with Crippen molar-refractivity contribution in [3.63, 3.8) is 0 Å². The number of aryl methyl sites for hydroxylation is 2. The Morgan fingerprint density at radius 1 is 1.33 bits per heavy atom. The van der Waals surface area contributed by atoms with Gasteiger partial charge in [0.25, 0.3) is 0 Å². The molecule has 1 aliphatic heterocycles. The second kappa shape index (κ2) is 8.13. The number of ether oxygens (including phenoxy) is 1. The highest BCUT2D eigenvalue weighted by atomic mass is 35.5. The number of aromatic nitrogens is 2. The summed E-state index contributed by atoms with van der Waals surface area (Å²) >= 11 is 6.41. The third kappa shape index (κ3) is 4.19. The van der Waals surface area contributed by atoms with Crippen LogP contribution in [0.1, 0.15) is 32.2 Å². The van der Waals surface area contributed by atoms with Gasteiger partial charge in [-0.25, -0.2) is 0 Å². The molecule has 1 saturated heterocycles. The molecule has 1 aliphatic rings. The largest absolute Gasteiger partial charge is 0.374 e. The number of morpholine rings is 1. The second-order valence-corrected chi connectivity index (χ2v) is 5.77. The summed E-state index contributed by atoms with van der Waals surface area (Å²) in [5.41, 5.74) is 2.07. The molecule has 0 aromatic carbocycles. The number of nitrogens with one attached hydrogen (secondary N) is 1. The zero-order valence-electron chi connectivity index (χ0n) is 13.4. The lowest BCUT2D eigenvalue weighted by Gasteiger charge is -2.32. The van der Waals surface area contributed by atoms with Crippen molar-refractivity contribution in [2.24, 2.45) is 0 Å². The maximum atomic E-state index is 6.41. The number of nitrogens with zero attached hydrogens (tertiary/aromatic N) is 3. The molecule has 0 radical (unpaired) electrons. The zero-order valence-corrected chi connectivity index (χ0v) is 14.1. The Morgan fingerprint density at radius 2 is 2.14 bits per heavy atom. The lowest BCUT2D eigenvalue weighted by Crippen LogP contribution is -2.46. The van der Waals surface area contributed by atoms with E-state index in [9.17, 15) is 0 Å². The van der Waals surface area contributed by atoms with E-state index in [1.54, 1.807) is 0 Å². The van der Waals surface area contributed by atoms with Crippen LogP contribution in [0.4, 0.5) is 0 Å². The Labute approximate surface area is 132 Å². The summed E-state index contributed by atoms with van der Waals surface area (Å²) in [5.74, 6) is 0. The predicted molar refractivity (Wildman–Crippen MR) is 85.8 cm³/mol. The van der Waals surface area contributed by atoms with Crippen molar-refractivity contribution in [1.29, 1.82) is 0 Å². The van der Waals surface area contributed by atoms with Crippen molar-refractivity contribution < 1.29 is 4.74 Å². The molecule has 5 nitrogen and oxygen atoms in total. The third-order valence-electron chi connectivity index (χ3n) is 4.03. The van der Waals surface area contributed by atoms with Gasteiger partial charge in [0.1, 0.15) is 0 Å². The minimum atomic E-state index is 0.265. The molecule has 1 unspecified atom stereocenters. The SMILES string of the molecule is CCc1nn(CC)c(CNCC2CN(CC)CCO2)c1Cl. The molecule has 0 saturated carbocycles. The summed E-state index contributed by atoms with van der Waals surface area (Å²) in [7, 11) is 0. The van der Waals surface area contributed by atoms with Gasteiger partial charge in [-0.2, -0.15) is 5.10 Å². The fourth-order valence-corrected chi connectivity index (χ4v) is 3.06. The van der Waals surface area contributed by atoms with Gasteiger partial charge in [0, 0.05) is 32.7 Å². The van der Waals surface area contributed by atoms with Crippen molar-refractivity contribution in [1.82, 2.24) is 20.0 Å². The van der Waals surface area contributed by atoms with Crippen LogP contribution in [-0.4, -0.2) is 53.6 Å². The first-order valence-electron chi connectivity index (χ1n) is 7.98. The topological polar surface area (TPSA) is 42.3 Å². The average molecular weight is 315 g/mol. The Hall–Kier alpha value is -0.620. The van der Waals surface area contributed by atoms with Gasteiger partial charge in [-0.3, -0.25) is 9.58 Å². The third-order valence-corrected chi connectivity index (χ3v) is 4.47. The summed E-state index contributed by atoms with van der Waals surface area (Å²) in [6, 6.07) is 0. The molecule has 0 spiro atoms. The quantitative estimate of drug-likeness (QED) is 0.835. The summed E-state index contributed by atoms with van der Waals surface area (Å²) in [6.07, 6.45) is 1.14. The molecule has 120 valence electrons. The van der Waals surface area contributed by atoms with E-state index in [1.807, 2.05) is 4.68 Å². The van der Waals surface area contributed by atoms with Crippen LogP contribution >= 0.6 is 11.6 Å². The molecule has 2 heterocycles. The highest BCUT2D eigenvalue weighted by molar-refractivity contribution is 6.31. The second-order valence-electron chi connectivity index (χ2n) is 5.39. The highest BCUT2D eigenvalue weighted by Gasteiger charge is 2.19. The Balaban J connectivity index is 1.87. The van der Waals surface area contributed by atoms with Gasteiger partial charge < -0.3 is 10.1 Å². The number of halogens is 1. The van der Waals surface area contributed by atoms with E-state index in [4.69, 9.17) is 16.3 Å². The minimum absolute atomic E-state index is 0.265. The first-order valence-corrected chi connectivity index (χ1v) is 8.36. The smallest absolute Gasteiger partial charge is 0.0863 e. The molecule has 21 heavy (non-hydrogen) atoms. The summed E-state index contributed by atoms with van der Waals surface area (Å²) in [4.78, 5) is 2.42. The summed E-state index contributed by atoms with van der Waals surface area (Å²) < 4.78 is 7.80. The van der Waals surface area contributed by atoms with E-state index in [2.05, 4.69) is 36.1 Å². The predicted octanol–water partition coefficient (Wildman–Crippen LogP) is 1.93. The van der Waals surface area contributed by atoms with E-state index in [0.29, 0.717) is 0 Å². The number of hydrogen-bond acceptors (Lipinski definition) is 4. The average Bonchev–Trinajstić information content (AvgIpc) is 2.83. The molecule has 6 heteroatoms. The lowest BCUT2D eigenvalue weighted by atomic mass is 10.2. The van der Waals surface area contributed by atoms with Crippen LogP contribution in [0.15, 0.2) is 0 Å². The van der Waals surface area contributed by atoms with E-state index in [-0.39, 0.29) is 6.10 Å². The number of hydrogen-bond donors (Lipinski definition) is 1. The van der Waals surface area contributed by atoms with Crippen LogP contribution in [0.5, 0.6) is 0 Å². The lowest BCUT2D eigenvalue weighted by molar-refractivity contribution is -0.0254. The van der Waals surface area contributed by atoms with Crippen LogP contribution in [-0.2, 0) is 24.2 Å². The molecule has 1 fully saturated rings. The van der Waals surface area contributed by atoms with Crippen LogP contribution < -0.4 is 5.32 Å². The van der Waals surface area contributed by atoms with Gasteiger partial charge >= 0.3 is 0 Å².